The molecule has 27 heavy (non-hydrogen) atoms. The quantitative estimate of drug-likeness (QED) is 0.517. The van der Waals surface area contributed by atoms with Crippen LogP contribution in [0.1, 0.15) is 19.4 Å². The van der Waals surface area contributed by atoms with E-state index in [1.807, 2.05) is 48.2 Å². The molecule has 1 aliphatic rings. The SMILES string of the molecule is CC(Sc1nc2ccccc2c(=O)n1C)C(=O)N1c2ccccc2CC1C. The van der Waals surface area contributed by atoms with Crippen LogP contribution in [0.5, 0.6) is 0 Å². The summed E-state index contributed by atoms with van der Waals surface area (Å²) in [4.78, 5) is 32.2. The fraction of sp³-hybridized carbons (Fsp3) is 0.286. The average molecular weight is 379 g/mol. The van der Waals surface area contributed by atoms with E-state index in [1.54, 1.807) is 13.1 Å². The van der Waals surface area contributed by atoms with Gasteiger partial charge in [0, 0.05) is 18.8 Å². The first-order valence-electron chi connectivity index (χ1n) is 9.01. The van der Waals surface area contributed by atoms with E-state index in [2.05, 4.69) is 18.0 Å². The lowest BCUT2D eigenvalue weighted by Crippen LogP contribution is -2.40. The minimum absolute atomic E-state index is 0.0415. The highest BCUT2D eigenvalue weighted by Crippen LogP contribution is 2.34. The molecule has 0 spiro atoms. The molecule has 0 N–H and O–H groups in total. The van der Waals surface area contributed by atoms with E-state index in [4.69, 9.17) is 0 Å². The van der Waals surface area contributed by atoms with Gasteiger partial charge in [0.2, 0.25) is 5.91 Å². The molecule has 0 saturated heterocycles. The molecule has 0 bridgehead atoms. The third kappa shape index (κ3) is 3.04. The molecule has 2 heterocycles. The summed E-state index contributed by atoms with van der Waals surface area (Å²) in [6, 6.07) is 15.5. The van der Waals surface area contributed by atoms with Crippen LogP contribution in [0.2, 0.25) is 0 Å². The van der Waals surface area contributed by atoms with Gasteiger partial charge in [0.15, 0.2) is 5.16 Å². The van der Waals surface area contributed by atoms with E-state index >= 15 is 0 Å². The van der Waals surface area contributed by atoms with Crippen LogP contribution < -0.4 is 10.5 Å². The standard InChI is InChI=1S/C21H21N3O2S/c1-13-12-15-8-4-7-11-18(15)24(13)19(25)14(2)27-21-22-17-10-6-5-9-16(17)20(26)23(21)3/h4-11,13-14H,12H2,1-3H3. The first kappa shape index (κ1) is 17.8. The third-order valence-electron chi connectivity index (χ3n) is 5.02. The molecule has 1 aromatic heterocycles. The zero-order valence-corrected chi connectivity index (χ0v) is 16.4. The summed E-state index contributed by atoms with van der Waals surface area (Å²) in [5.74, 6) is 0.0415. The third-order valence-corrected chi connectivity index (χ3v) is 6.15. The van der Waals surface area contributed by atoms with Gasteiger partial charge >= 0.3 is 0 Å². The van der Waals surface area contributed by atoms with Crippen molar-refractivity contribution >= 4 is 34.3 Å². The van der Waals surface area contributed by atoms with Gasteiger partial charge in [0.1, 0.15) is 0 Å². The zero-order chi connectivity index (χ0) is 19.1. The van der Waals surface area contributed by atoms with Crippen molar-refractivity contribution in [2.45, 2.75) is 36.7 Å². The van der Waals surface area contributed by atoms with Crippen molar-refractivity contribution in [3.63, 3.8) is 0 Å². The largest absolute Gasteiger partial charge is 0.308 e. The van der Waals surface area contributed by atoms with E-state index in [1.165, 1.54) is 21.9 Å². The second kappa shape index (κ2) is 6.85. The highest BCUT2D eigenvalue weighted by molar-refractivity contribution is 8.00. The lowest BCUT2D eigenvalue weighted by molar-refractivity contribution is -0.118. The van der Waals surface area contributed by atoms with E-state index in [0.29, 0.717) is 16.1 Å². The maximum Gasteiger partial charge on any atom is 0.261 e. The minimum Gasteiger partial charge on any atom is -0.308 e. The molecule has 4 rings (SSSR count). The van der Waals surface area contributed by atoms with Crippen molar-refractivity contribution in [3.05, 3.63) is 64.4 Å². The van der Waals surface area contributed by atoms with Crippen molar-refractivity contribution in [3.8, 4) is 0 Å². The molecule has 0 radical (unpaired) electrons. The fourth-order valence-electron chi connectivity index (χ4n) is 3.61. The Morgan fingerprint density at radius 2 is 1.89 bits per heavy atom. The number of fused-ring (bicyclic) bond motifs is 2. The molecule has 0 aliphatic carbocycles. The summed E-state index contributed by atoms with van der Waals surface area (Å²) in [5, 5.41) is 0.794. The van der Waals surface area contributed by atoms with E-state index in [9.17, 15) is 9.59 Å². The van der Waals surface area contributed by atoms with E-state index in [-0.39, 0.29) is 22.8 Å². The second-order valence-electron chi connectivity index (χ2n) is 6.93. The molecule has 0 saturated carbocycles. The van der Waals surface area contributed by atoms with Gasteiger partial charge in [-0.05, 0) is 44.0 Å². The Kier molecular flexibility index (Phi) is 4.52. The van der Waals surface area contributed by atoms with Gasteiger partial charge in [-0.1, -0.05) is 42.1 Å². The van der Waals surface area contributed by atoms with Crippen LogP contribution in [0.25, 0.3) is 10.9 Å². The smallest absolute Gasteiger partial charge is 0.261 e. The lowest BCUT2D eigenvalue weighted by Gasteiger charge is -2.26. The van der Waals surface area contributed by atoms with Crippen LogP contribution in [0.3, 0.4) is 0 Å². The summed E-state index contributed by atoms with van der Waals surface area (Å²) >= 11 is 1.33. The summed E-state index contributed by atoms with van der Waals surface area (Å²) < 4.78 is 1.53. The van der Waals surface area contributed by atoms with Crippen LogP contribution >= 0.6 is 11.8 Å². The summed E-state index contributed by atoms with van der Waals surface area (Å²) in [7, 11) is 1.70. The van der Waals surface area contributed by atoms with Crippen LogP contribution in [-0.4, -0.2) is 26.8 Å². The number of carbonyl (C=O) groups is 1. The Hall–Kier alpha value is -2.60. The number of benzene rings is 2. The van der Waals surface area contributed by atoms with Gasteiger partial charge in [-0.2, -0.15) is 0 Å². The predicted molar refractivity (Wildman–Crippen MR) is 109 cm³/mol. The molecule has 6 heteroatoms. The topological polar surface area (TPSA) is 55.2 Å². The van der Waals surface area contributed by atoms with Crippen molar-refractivity contribution in [2.24, 2.45) is 7.05 Å². The van der Waals surface area contributed by atoms with Gasteiger partial charge in [0.05, 0.1) is 16.2 Å². The normalized spacial score (nSPS) is 17.1. The molecule has 3 aromatic rings. The van der Waals surface area contributed by atoms with Gasteiger partial charge in [-0.3, -0.25) is 14.2 Å². The van der Waals surface area contributed by atoms with Crippen LogP contribution in [-0.2, 0) is 18.3 Å². The summed E-state index contributed by atoms with van der Waals surface area (Å²) in [6.07, 6.45) is 0.867. The van der Waals surface area contributed by atoms with Gasteiger partial charge in [0.25, 0.3) is 5.56 Å². The molecule has 2 unspecified atom stereocenters. The van der Waals surface area contributed by atoms with Crippen molar-refractivity contribution < 1.29 is 4.79 Å². The number of para-hydroxylation sites is 2. The molecule has 5 nitrogen and oxygen atoms in total. The molecule has 2 atom stereocenters. The highest BCUT2D eigenvalue weighted by Gasteiger charge is 2.33. The number of aromatic nitrogens is 2. The molecule has 1 aliphatic heterocycles. The van der Waals surface area contributed by atoms with Gasteiger partial charge < -0.3 is 4.90 Å². The molecule has 1 amide bonds. The van der Waals surface area contributed by atoms with E-state index < -0.39 is 0 Å². The molecule has 0 fully saturated rings. The number of hydrogen-bond donors (Lipinski definition) is 0. The number of nitrogens with zero attached hydrogens (tertiary/aromatic N) is 3. The first-order chi connectivity index (χ1) is 13.0. The molecular weight excluding hydrogens is 358 g/mol. The zero-order valence-electron chi connectivity index (χ0n) is 15.5. The number of rotatable bonds is 3. The molecule has 2 aromatic carbocycles. The van der Waals surface area contributed by atoms with E-state index in [0.717, 1.165) is 12.1 Å². The van der Waals surface area contributed by atoms with Crippen molar-refractivity contribution in [1.82, 2.24) is 9.55 Å². The average Bonchev–Trinajstić information content (AvgIpc) is 3.01. The number of thioether (sulfide) groups is 1. The van der Waals surface area contributed by atoms with Gasteiger partial charge in [-0.25, -0.2) is 4.98 Å². The highest BCUT2D eigenvalue weighted by atomic mass is 32.2. The van der Waals surface area contributed by atoms with Crippen LogP contribution in [0.15, 0.2) is 58.5 Å². The Balaban J connectivity index is 1.64. The first-order valence-corrected chi connectivity index (χ1v) is 9.88. The number of anilines is 1. The predicted octanol–water partition coefficient (Wildman–Crippen LogP) is 3.39. The number of amides is 1. The monoisotopic (exact) mass is 379 g/mol. The maximum atomic E-state index is 13.2. The Morgan fingerprint density at radius 3 is 2.70 bits per heavy atom. The molecule has 138 valence electrons. The number of carbonyl (C=O) groups excluding carboxylic acids is 1. The summed E-state index contributed by atoms with van der Waals surface area (Å²) in [6.45, 7) is 3.95. The Morgan fingerprint density at radius 1 is 1.19 bits per heavy atom. The summed E-state index contributed by atoms with van der Waals surface area (Å²) in [5.41, 5.74) is 2.75. The maximum absolute atomic E-state index is 13.2. The van der Waals surface area contributed by atoms with Crippen LogP contribution in [0.4, 0.5) is 5.69 Å². The second-order valence-corrected chi connectivity index (χ2v) is 8.23. The molecular formula is C21H21N3O2S. The fourth-order valence-corrected chi connectivity index (χ4v) is 4.53. The Labute approximate surface area is 162 Å². The Bertz CT molecular complexity index is 1090. The number of hydrogen-bond acceptors (Lipinski definition) is 4. The van der Waals surface area contributed by atoms with Gasteiger partial charge in [-0.15, -0.1) is 0 Å². The van der Waals surface area contributed by atoms with Crippen molar-refractivity contribution in [1.29, 1.82) is 0 Å². The van der Waals surface area contributed by atoms with Crippen molar-refractivity contribution in [2.75, 3.05) is 4.90 Å². The lowest BCUT2D eigenvalue weighted by atomic mass is 10.1. The van der Waals surface area contributed by atoms with Crippen LogP contribution in [0, 0.1) is 0 Å². The minimum atomic E-state index is -0.349.